The Morgan fingerprint density at radius 3 is 2.59 bits per heavy atom. The molecule has 0 bridgehead atoms. The van der Waals surface area contributed by atoms with Gasteiger partial charge in [0.1, 0.15) is 0 Å². The number of carbonyl (C=O) groups excluding carboxylic acids is 1. The van der Waals surface area contributed by atoms with Crippen molar-refractivity contribution in [3.63, 3.8) is 0 Å². The molecule has 1 heterocycles. The van der Waals surface area contributed by atoms with E-state index in [2.05, 4.69) is 21.6 Å². The lowest BCUT2D eigenvalue weighted by Crippen LogP contribution is -2.36. The highest BCUT2D eigenvalue weighted by Crippen LogP contribution is 2.31. The van der Waals surface area contributed by atoms with E-state index < -0.39 is 6.10 Å². The van der Waals surface area contributed by atoms with Crippen LogP contribution >= 0.6 is 0 Å². The highest BCUT2D eigenvalue weighted by Gasteiger charge is 2.31. The van der Waals surface area contributed by atoms with Crippen LogP contribution in [-0.2, 0) is 6.42 Å². The zero-order valence-corrected chi connectivity index (χ0v) is 15.5. The highest BCUT2D eigenvalue weighted by molar-refractivity contribution is 5.90. The number of rotatable bonds is 3. The number of anilines is 2. The van der Waals surface area contributed by atoms with Crippen molar-refractivity contribution < 1.29 is 9.90 Å². The van der Waals surface area contributed by atoms with Crippen molar-refractivity contribution in [3.8, 4) is 0 Å². The first-order chi connectivity index (χ1) is 13.2. The maximum atomic E-state index is 12.5. The summed E-state index contributed by atoms with van der Waals surface area (Å²) in [4.78, 5) is 14.9. The Kier molecular flexibility index (Phi) is 5.30. The van der Waals surface area contributed by atoms with Crippen molar-refractivity contribution in [2.45, 2.75) is 44.2 Å². The Labute approximate surface area is 160 Å². The van der Waals surface area contributed by atoms with Crippen molar-refractivity contribution in [2.75, 3.05) is 23.3 Å². The first kappa shape index (κ1) is 17.9. The third-order valence-corrected chi connectivity index (χ3v) is 5.57. The van der Waals surface area contributed by atoms with E-state index in [1.54, 1.807) is 0 Å². The lowest BCUT2D eigenvalue weighted by Gasteiger charge is -2.23. The monoisotopic (exact) mass is 365 g/mol. The minimum Gasteiger partial charge on any atom is -0.390 e. The summed E-state index contributed by atoms with van der Waals surface area (Å²) in [6.45, 7) is 2.14. The molecule has 1 fully saturated rings. The van der Waals surface area contributed by atoms with Gasteiger partial charge in [0.2, 0.25) is 0 Å². The zero-order chi connectivity index (χ0) is 18.6. The molecule has 1 aliphatic carbocycles. The van der Waals surface area contributed by atoms with Gasteiger partial charge in [0, 0.05) is 30.9 Å². The number of hydrogen-bond donors (Lipinski definition) is 3. The van der Waals surface area contributed by atoms with Crippen LogP contribution < -0.4 is 15.5 Å². The van der Waals surface area contributed by atoms with Crippen molar-refractivity contribution in [2.24, 2.45) is 0 Å². The van der Waals surface area contributed by atoms with Gasteiger partial charge in [-0.15, -0.1) is 0 Å². The molecule has 2 amide bonds. The van der Waals surface area contributed by atoms with E-state index in [0.717, 1.165) is 35.6 Å². The predicted octanol–water partition coefficient (Wildman–Crippen LogP) is 3.85. The fraction of sp³-hybridized carbons (Fsp3) is 0.409. The second-order valence-corrected chi connectivity index (χ2v) is 7.50. The molecule has 1 aliphatic heterocycles. The quantitative estimate of drug-likeness (QED) is 0.774. The van der Waals surface area contributed by atoms with E-state index in [4.69, 9.17) is 0 Å². The average Bonchev–Trinajstić information content (AvgIpc) is 2.85. The van der Waals surface area contributed by atoms with Gasteiger partial charge in [0.15, 0.2) is 0 Å². The molecule has 142 valence electrons. The Morgan fingerprint density at radius 1 is 1.00 bits per heavy atom. The van der Waals surface area contributed by atoms with Gasteiger partial charge in [-0.05, 0) is 42.2 Å². The molecule has 0 aromatic heterocycles. The largest absolute Gasteiger partial charge is 0.390 e. The summed E-state index contributed by atoms with van der Waals surface area (Å²) in [5.41, 5.74) is 4.02. The van der Waals surface area contributed by atoms with Crippen LogP contribution in [0.2, 0.25) is 0 Å². The standard InChI is InChI=1S/C22H27N3O2/c26-20-14-16-8-3-4-11-19(16)21(20)24-22(27)23-17-9-7-10-18(15-17)25-12-5-1-2-6-13-25/h3-4,7-11,15,20-21,26H,1-2,5-6,12-14H2,(H2,23,24,27)/t20-,21+/m1/s1. The van der Waals surface area contributed by atoms with E-state index in [1.807, 2.05) is 42.5 Å². The number of carbonyl (C=O) groups is 1. The summed E-state index contributed by atoms with van der Waals surface area (Å²) in [6, 6.07) is 15.2. The van der Waals surface area contributed by atoms with Gasteiger partial charge in [0.25, 0.3) is 0 Å². The summed E-state index contributed by atoms with van der Waals surface area (Å²) in [5.74, 6) is 0. The van der Waals surface area contributed by atoms with Gasteiger partial charge in [-0.25, -0.2) is 4.79 Å². The fourth-order valence-electron chi connectivity index (χ4n) is 4.17. The number of benzene rings is 2. The van der Waals surface area contributed by atoms with Gasteiger partial charge >= 0.3 is 6.03 Å². The smallest absolute Gasteiger partial charge is 0.319 e. The molecule has 0 radical (unpaired) electrons. The summed E-state index contributed by atoms with van der Waals surface area (Å²) in [5, 5.41) is 16.2. The predicted molar refractivity (Wildman–Crippen MR) is 108 cm³/mol. The number of aliphatic hydroxyl groups excluding tert-OH is 1. The number of nitrogens with zero attached hydrogens (tertiary/aromatic N) is 1. The zero-order valence-electron chi connectivity index (χ0n) is 15.5. The molecule has 3 N–H and O–H groups in total. The molecule has 27 heavy (non-hydrogen) atoms. The van der Waals surface area contributed by atoms with Crippen LogP contribution in [0.3, 0.4) is 0 Å². The van der Waals surface area contributed by atoms with E-state index in [-0.39, 0.29) is 12.1 Å². The van der Waals surface area contributed by atoms with Crippen LogP contribution in [0.1, 0.15) is 42.9 Å². The molecule has 2 aromatic carbocycles. The maximum Gasteiger partial charge on any atom is 0.319 e. The molecular formula is C22H27N3O2. The second-order valence-electron chi connectivity index (χ2n) is 7.50. The fourth-order valence-corrected chi connectivity index (χ4v) is 4.17. The molecule has 1 saturated heterocycles. The Bertz CT molecular complexity index is 800. The van der Waals surface area contributed by atoms with Crippen LogP contribution in [0.4, 0.5) is 16.2 Å². The van der Waals surface area contributed by atoms with Gasteiger partial charge in [-0.2, -0.15) is 0 Å². The first-order valence-corrected chi connectivity index (χ1v) is 9.89. The first-order valence-electron chi connectivity index (χ1n) is 9.89. The minimum atomic E-state index is -0.586. The molecule has 4 rings (SSSR count). The molecule has 2 atom stereocenters. The highest BCUT2D eigenvalue weighted by atomic mass is 16.3. The van der Waals surface area contributed by atoms with Gasteiger partial charge in [0.05, 0.1) is 12.1 Å². The van der Waals surface area contributed by atoms with Crippen LogP contribution in [-0.4, -0.2) is 30.3 Å². The van der Waals surface area contributed by atoms with Crippen LogP contribution in [0.5, 0.6) is 0 Å². The molecule has 0 spiro atoms. The van der Waals surface area contributed by atoms with Crippen molar-refractivity contribution in [1.29, 1.82) is 0 Å². The maximum absolute atomic E-state index is 12.5. The van der Waals surface area contributed by atoms with Crippen molar-refractivity contribution >= 4 is 17.4 Å². The van der Waals surface area contributed by atoms with E-state index >= 15 is 0 Å². The number of fused-ring (bicyclic) bond motifs is 1. The Morgan fingerprint density at radius 2 is 1.78 bits per heavy atom. The van der Waals surface area contributed by atoms with Crippen LogP contribution in [0, 0.1) is 0 Å². The summed E-state index contributed by atoms with van der Waals surface area (Å²) < 4.78 is 0. The third-order valence-electron chi connectivity index (χ3n) is 5.57. The van der Waals surface area contributed by atoms with Crippen LogP contribution in [0.25, 0.3) is 0 Å². The summed E-state index contributed by atoms with van der Waals surface area (Å²) in [6.07, 6.45) is 5.01. The Hall–Kier alpha value is -2.53. The molecular weight excluding hydrogens is 338 g/mol. The molecule has 2 aromatic rings. The van der Waals surface area contributed by atoms with E-state index in [1.165, 1.54) is 25.7 Å². The molecule has 5 nitrogen and oxygen atoms in total. The molecule has 2 aliphatic rings. The number of amides is 2. The third kappa shape index (κ3) is 4.08. The SMILES string of the molecule is O=C(Nc1cccc(N2CCCCCC2)c1)N[C@H]1c2ccccc2C[C@H]1O. The van der Waals surface area contributed by atoms with Gasteiger partial charge in [-0.1, -0.05) is 43.2 Å². The van der Waals surface area contributed by atoms with E-state index in [0.29, 0.717) is 6.42 Å². The summed E-state index contributed by atoms with van der Waals surface area (Å²) >= 11 is 0. The number of hydrogen-bond acceptors (Lipinski definition) is 3. The minimum absolute atomic E-state index is 0.288. The molecule has 0 unspecified atom stereocenters. The normalized spacial score (nSPS) is 22.0. The topological polar surface area (TPSA) is 64.6 Å². The van der Waals surface area contributed by atoms with Crippen LogP contribution in [0.15, 0.2) is 48.5 Å². The van der Waals surface area contributed by atoms with Crippen molar-refractivity contribution in [1.82, 2.24) is 5.32 Å². The Balaban J connectivity index is 1.42. The average molecular weight is 365 g/mol. The van der Waals surface area contributed by atoms with Gasteiger partial charge < -0.3 is 20.6 Å². The second kappa shape index (κ2) is 8.01. The number of nitrogens with one attached hydrogen (secondary N) is 2. The number of urea groups is 1. The lowest BCUT2D eigenvalue weighted by molar-refractivity contribution is 0.144. The molecule has 0 saturated carbocycles. The lowest BCUT2D eigenvalue weighted by atomic mass is 10.1. The summed E-state index contributed by atoms with van der Waals surface area (Å²) in [7, 11) is 0. The number of aliphatic hydroxyl groups is 1. The van der Waals surface area contributed by atoms with E-state index in [9.17, 15) is 9.90 Å². The molecule has 5 heteroatoms. The van der Waals surface area contributed by atoms with Gasteiger partial charge in [-0.3, -0.25) is 0 Å². The van der Waals surface area contributed by atoms with Crippen molar-refractivity contribution in [3.05, 3.63) is 59.7 Å².